The predicted molar refractivity (Wildman–Crippen MR) is 84.3 cm³/mol. The Labute approximate surface area is 126 Å². The molecule has 3 heteroatoms. The Morgan fingerprint density at radius 1 is 1.20 bits per heavy atom. The van der Waals surface area contributed by atoms with Gasteiger partial charge in [-0.1, -0.05) is 37.6 Å². The molecule has 0 aliphatic heterocycles. The standard InChI is InChI=1S/C17H22ClNO/c1-3-10-19-16(17-9-8-15(4-2)20-17)12-13-6-5-7-14(18)11-13/h5-9,11,16,19H,3-4,10,12H2,1-2H3. The first-order valence-corrected chi connectivity index (χ1v) is 7.67. The third kappa shape index (κ3) is 4.12. The Balaban J connectivity index is 2.14. The highest BCUT2D eigenvalue weighted by molar-refractivity contribution is 6.30. The highest BCUT2D eigenvalue weighted by atomic mass is 35.5. The largest absolute Gasteiger partial charge is 0.464 e. The normalized spacial score (nSPS) is 12.6. The van der Waals surface area contributed by atoms with Gasteiger partial charge in [0.25, 0.3) is 0 Å². The number of aryl methyl sites for hydroxylation is 1. The second-order valence-electron chi connectivity index (χ2n) is 5.00. The Hall–Kier alpha value is -1.25. The number of hydrogen-bond acceptors (Lipinski definition) is 2. The van der Waals surface area contributed by atoms with Crippen molar-refractivity contribution in [2.75, 3.05) is 6.54 Å². The zero-order valence-electron chi connectivity index (χ0n) is 12.2. The van der Waals surface area contributed by atoms with Crippen molar-refractivity contribution in [1.29, 1.82) is 0 Å². The maximum absolute atomic E-state index is 6.06. The smallest absolute Gasteiger partial charge is 0.121 e. The van der Waals surface area contributed by atoms with Crippen LogP contribution in [0.4, 0.5) is 0 Å². The number of nitrogens with one attached hydrogen (secondary N) is 1. The van der Waals surface area contributed by atoms with Crippen LogP contribution in [0.25, 0.3) is 0 Å². The molecule has 0 fully saturated rings. The highest BCUT2D eigenvalue weighted by Crippen LogP contribution is 2.22. The SMILES string of the molecule is CCCNC(Cc1cccc(Cl)c1)c1ccc(CC)o1. The van der Waals surface area contributed by atoms with E-state index < -0.39 is 0 Å². The minimum Gasteiger partial charge on any atom is -0.464 e. The summed E-state index contributed by atoms with van der Waals surface area (Å²) in [4.78, 5) is 0. The van der Waals surface area contributed by atoms with E-state index in [1.807, 2.05) is 18.2 Å². The molecule has 1 unspecified atom stereocenters. The Morgan fingerprint density at radius 2 is 2.05 bits per heavy atom. The first kappa shape index (κ1) is 15.1. The van der Waals surface area contributed by atoms with E-state index >= 15 is 0 Å². The van der Waals surface area contributed by atoms with Crippen molar-refractivity contribution in [3.8, 4) is 0 Å². The van der Waals surface area contributed by atoms with Crippen molar-refractivity contribution in [2.45, 2.75) is 39.2 Å². The predicted octanol–water partition coefficient (Wildman–Crippen LogP) is 4.78. The molecule has 0 spiro atoms. The van der Waals surface area contributed by atoms with Gasteiger partial charge in [-0.2, -0.15) is 0 Å². The third-order valence-electron chi connectivity index (χ3n) is 3.34. The summed E-state index contributed by atoms with van der Waals surface area (Å²) >= 11 is 6.06. The molecule has 1 aromatic carbocycles. The highest BCUT2D eigenvalue weighted by Gasteiger charge is 2.15. The molecule has 0 aliphatic carbocycles. The maximum atomic E-state index is 6.06. The zero-order chi connectivity index (χ0) is 14.4. The van der Waals surface area contributed by atoms with Gasteiger partial charge in [0.05, 0.1) is 6.04 Å². The molecule has 0 saturated carbocycles. The molecule has 0 saturated heterocycles. The molecule has 1 atom stereocenters. The first-order chi connectivity index (χ1) is 9.72. The molecule has 2 aromatic rings. The van der Waals surface area contributed by atoms with Gasteiger partial charge in [-0.3, -0.25) is 0 Å². The summed E-state index contributed by atoms with van der Waals surface area (Å²) in [5, 5.41) is 4.34. The van der Waals surface area contributed by atoms with Crippen molar-refractivity contribution >= 4 is 11.6 Å². The summed E-state index contributed by atoms with van der Waals surface area (Å²) in [5.74, 6) is 2.05. The van der Waals surface area contributed by atoms with Crippen LogP contribution >= 0.6 is 11.6 Å². The van der Waals surface area contributed by atoms with E-state index in [0.717, 1.165) is 42.4 Å². The van der Waals surface area contributed by atoms with Crippen LogP contribution in [0.3, 0.4) is 0 Å². The Morgan fingerprint density at radius 3 is 2.70 bits per heavy atom. The molecule has 2 nitrogen and oxygen atoms in total. The Bertz CT molecular complexity index is 535. The molecule has 0 amide bonds. The molecular formula is C17H22ClNO. The van der Waals surface area contributed by atoms with E-state index in [2.05, 4.69) is 37.4 Å². The minimum atomic E-state index is 0.203. The fourth-order valence-corrected chi connectivity index (χ4v) is 2.48. The molecular weight excluding hydrogens is 270 g/mol. The molecule has 2 rings (SSSR count). The lowest BCUT2D eigenvalue weighted by molar-refractivity contribution is 0.392. The number of hydrogen-bond donors (Lipinski definition) is 1. The lowest BCUT2D eigenvalue weighted by Crippen LogP contribution is -2.23. The molecule has 1 aromatic heterocycles. The molecule has 0 bridgehead atoms. The fourth-order valence-electron chi connectivity index (χ4n) is 2.26. The lowest BCUT2D eigenvalue weighted by Gasteiger charge is -2.16. The van der Waals surface area contributed by atoms with E-state index in [0.29, 0.717) is 0 Å². The van der Waals surface area contributed by atoms with E-state index in [1.165, 1.54) is 5.56 Å². The van der Waals surface area contributed by atoms with Gasteiger partial charge in [0.15, 0.2) is 0 Å². The van der Waals surface area contributed by atoms with Crippen molar-refractivity contribution in [3.63, 3.8) is 0 Å². The fraction of sp³-hybridized carbons (Fsp3) is 0.412. The van der Waals surface area contributed by atoms with Crippen molar-refractivity contribution in [3.05, 3.63) is 58.5 Å². The molecule has 20 heavy (non-hydrogen) atoms. The van der Waals surface area contributed by atoms with Crippen molar-refractivity contribution in [2.24, 2.45) is 0 Å². The number of halogens is 1. The Kier molecular flexibility index (Phi) is 5.69. The van der Waals surface area contributed by atoms with Crippen LogP contribution in [0.5, 0.6) is 0 Å². The molecule has 0 radical (unpaired) electrons. The molecule has 0 aliphatic rings. The summed E-state index contributed by atoms with van der Waals surface area (Å²) in [5.41, 5.74) is 1.22. The maximum Gasteiger partial charge on any atom is 0.121 e. The van der Waals surface area contributed by atoms with Gasteiger partial charge in [-0.15, -0.1) is 0 Å². The lowest BCUT2D eigenvalue weighted by atomic mass is 10.0. The van der Waals surface area contributed by atoms with Crippen LogP contribution in [0.15, 0.2) is 40.8 Å². The van der Waals surface area contributed by atoms with E-state index in [4.69, 9.17) is 16.0 Å². The number of furan rings is 1. The summed E-state index contributed by atoms with van der Waals surface area (Å²) < 4.78 is 5.90. The average molecular weight is 292 g/mol. The second kappa shape index (κ2) is 7.51. The van der Waals surface area contributed by atoms with Crippen LogP contribution in [0, 0.1) is 0 Å². The molecule has 1 N–H and O–H groups in total. The van der Waals surface area contributed by atoms with Gasteiger partial charge < -0.3 is 9.73 Å². The summed E-state index contributed by atoms with van der Waals surface area (Å²) in [7, 11) is 0. The number of benzene rings is 1. The van der Waals surface area contributed by atoms with Gasteiger partial charge in [-0.25, -0.2) is 0 Å². The summed E-state index contributed by atoms with van der Waals surface area (Å²) in [6.07, 6.45) is 2.92. The van der Waals surface area contributed by atoms with E-state index in [-0.39, 0.29) is 6.04 Å². The van der Waals surface area contributed by atoms with Crippen molar-refractivity contribution < 1.29 is 4.42 Å². The molecule has 108 valence electrons. The van der Waals surface area contributed by atoms with Crippen LogP contribution in [0.1, 0.15) is 43.4 Å². The van der Waals surface area contributed by atoms with Crippen LogP contribution < -0.4 is 5.32 Å². The monoisotopic (exact) mass is 291 g/mol. The van der Waals surface area contributed by atoms with Crippen molar-refractivity contribution in [1.82, 2.24) is 5.32 Å². The number of rotatable bonds is 7. The summed E-state index contributed by atoms with van der Waals surface area (Å²) in [6, 6.07) is 12.4. The average Bonchev–Trinajstić information content (AvgIpc) is 2.92. The van der Waals surface area contributed by atoms with Crippen LogP contribution in [-0.4, -0.2) is 6.54 Å². The van der Waals surface area contributed by atoms with Gasteiger partial charge in [0.1, 0.15) is 11.5 Å². The third-order valence-corrected chi connectivity index (χ3v) is 3.58. The minimum absolute atomic E-state index is 0.203. The quantitative estimate of drug-likeness (QED) is 0.794. The topological polar surface area (TPSA) is 25.2 Å². The van der Waals surface area contributed by atoms with Gasteiger partial charge in [0, 0.05) is 11.4 Å². The van der Waals surface area contributed by atoms with Gasteiger partial charge in [0.2, 0.25) is 0 Å². The van der Waals surface area contributed by atoms with E-state index in [9.17, 15) is 0 Å². The zero-order valence-corrected chi connectivity index (χ0v) is 12.9. The van der Waals surface area contributed by atoms with Gasteiger partial charge in [-0.05, 0) is 49.2 Å². The summed E-state index contributed by atoms with van der Waals surface area (Å²) in [6.45, 7) is 5.25. The van der Waals surface area contributed by atoms with Crippen LogP contribution in [-0.2, 0) is 12.8 Å². The van der Waals surface area contributed by atoms with Crippen LogP contribution in [0.2, 0.25) is 5.02 Å². The first-order valence-electron chi connectivity index (χ1n) is 7.29. The van der Waals surface area contributed by atoms with E-state index in [1.54, 1.807) is 0 Å². The van der Waals surface area contributed by atoms with Gasteiger partial charge >= 0.3 is 0 Å². The second-order valence-corrected chi connectivity index (χ2v) is 5.43. The molecule has 1 heterocycles.